The van der Waals surface area contributed by atoms with Gasteiger partial charge in [-0.15, -0.1) is 0 Å². The average Bonchev–Trinajstić information content (AvgIpc) is 2.44. The van der Waals surface area contributed by atoms with Gasteiger partial charge >= 0.3 is 0 Å². The highest BCUT2D eigenvalue weighted by atomic mass is 16.5. The van der Waals surface area contributed by atoms with E-state index < -0.39 is 0 Å². The molecule has 0 saturated heterocycles. The van der Waals surface area contributed by atoms with Crippen LogP contribution in [0.1, 0.15) is 30.9 Å². The van der Waals surface area contributed by atoms with E-state index in [0.717, 1.165) is 11.3 Å². The molecule has 1 aliphatic rings. The molecule has 3 heteroatoms. The van der Waals surface area contributed by atoms with E-state index in [1.807, 2.05) is 30.6 Å². The van der Waals surface area contributed by atoms with Crippen LogP contribution in [0.15, 0.2) is 42.7 Å². The van der Waals surface area contributed by atoms with Crippen molar-refractivity contribution in [2.24, 2.45) is 0 Å². The van der Waals surface area contributed by atoms with Gasteiger partial charge in [-0.2, -0.15) is 0 Å². The van der Waals surface area contributed by atoms with Crippen LogP contribution in [-0.4, -0.2) is 16.7 Å². The summed E-state index contributed by atoms with van der Waals surface area (Å²) in [5, 5.41) is 9.53. The summed E-state index contributed by atoms with van der Waals surface area (Å²) in [6.45, 7) is 5.02. The van der Waals surface area contributed by atoms with Crippen molar-refractivity contribution in [2.75, 3.05) is 6.61 Å². The zero-order valence-electron chi connectivity index (χ0n) is 11.1. The third-order valence-corrected chi connectivity index (χ3v) is 4.29. The summed E-state index contributed by atoms with van der Waals surface area (Å²) < 4.78 is 5.86. The first kappa shape index (κ1) is 12.0. The molecule has 98 valence electrons. The van der Waals surface area contributed by atoms with Gasteiger partial charge in [0.25, 0.3) is 0 Å². The highest BCUT2D eigenvalue weighted by Gasteiger charge is 2.39. The molecule has 0 spiro atoms. The number of hydrogen-bond acceptors (Lipinski definition) is 3. The maximum atomic E-state index is 9.53. The second-order valence-electron chi connectivity index (χ2n) is 5.39. The molecule has 2 atom stereocenters. The molecule has 0 radical (unpaired) electrons. The smallest absolute Gasteiger partial charge is 0.126 e. The summed E-state index contributed by atoms with van der Waals surface area (Å²) in [6.07, 6.45) is 3.64. The predicted octanol–water partition coefficient (Wildman–Crippen LogP) is 3.24. The number of ether oxygens (including phenoxy) is 1. The van der Waals surface area contributed by atoms with Crippen LogP contribution in [0.3, 0.4) is 0 Å². The number of aromatic nitrogens is 1. The van der Waals surface area contributed by atoms with E-state index in [-0.39, 0.29) is 11.2 Å². The molecule has 1 aliphatic heterocycles. The largest absolute Gasteiger partial charge is 0.508 e. The van der Waals surface area contributed by atoms with Crippen LogP contribution >= 0.6 is 0 Å². The minimum atomic E-state index is -0.0765. The van der Waals surface area contributed by atoms with Crippen LogP contribution < -0.4 is 4.74 Å². The van der Waals surface area contributed by atoms with E-state index in [1.54, 1.807) is 12.1 Å². The van der Waals surface area contributed by atoms with Crippen molar-refractivity contribution >= 4 is 0 Å². The van der Waals surface area contributed by atoms with Crippen LogP contribution in [-0.2, 0) is 5.41 Å². The van der Waals surface area contributed by atoms with Crippen molar-refractivity contribution < 1.29 is 9.84 Å². The normalized spacial score (nSPS) is 25.5. The Bertz CT molecular complexity index is 597. The van der Waals surface area contributed by atoms with Crippen LogP contribution in [0.4, 0.5) is 0 Å². The Balaban J connectivity index is 2.06. The Kier molecular flexibility index (Phi) is 2.70. The molecule has 0 fully saturated rings. The zero-order valence-corrected chi connectivity index (χ0v) is 11.1. The van der Waals surface area contributed by atoms with E-state index >= 15 is 0 Å². The number of pyridine rings is 1. The Morgan fingerprint density at radius 3 is 2.74 bits per heavy atom. The summed E-state index contributed by atoms with van der Waals surface area (Å²) in [5.74, 6) is 1.36. The fourth-order valence-electron chi connectivity index (χ4n) is 2.77. The predicted molar refractivity (Wildman–Crippen MR) is 73.6 cm³/mol. The lowest BCUT2D eigenvalue weighted by Crippen LogP contribution is -2.39. The Labute approximate surface area is 112 Å². The fraction of sp³-hybridized carbons (Fsp3) is 0.312. The number of aromatic hydroxyl groups is 1. The lowest BCUT2D eigenvalue weighted by molar-refractivity contribution is 0.175. The number of benzene rings is 1. The average molecular weight is 255 g/mol. The lowest BCUT2D eigenvalue weighted by atomic mass is 9.69. The molecule has 1 aromatic heterocycles. The fourth-order valence-corrected chi connectivity index (χ4v) is 2.77. The first-order chi connectivity index (χ1) is 9.11. The summed E-state index contributed by atoms with van der Waals surface area (Å²) in [4.78, 5) is 4.08. The van der Waals surface area contributed by atoms with Gasteiger partial charge in [-0.3, -0.25) is 4.98 Å². The SMILES string of the molecule is C[C@@H]1c2ccc(O)cc2OC[C@]1(C)c1ccncc1. The van der Waals surface area contributed by atoms with Crippen LogP contribution in [0.5, 0.6) is 11.5 Å². The number of phenolic OH excluding ortho intramolecular Hbond substituents is 1. The minimum absolute atomic E-state index is 0.0765. The molecule has 1 N–H and O–H groups in total. The van der Waals surface area contributed by atoms with Gasteiger partial charge in [0.1, 0.15) is 11.5 Å². The second-order valence-corrected chi connectivity index (χ2v) is 5.39. The molecule has 1 aromatic carbocycles. The van der Waals surface area contributed by atoms with E-state index in [1.165, 1.54) is 5.56 Å². The third kappa shape index (κ3) is 1.86. The molecule has 3 nitrogen and oxygen atoms in total. The van der Waals surface area contributed by atoms with Gasteiger partial charge in [0.15, 0.2) is 0 Å². The molecule has 0 aliphatic carbocycles. The second kappa shape index (κ2) is 4.26. The first-order valence-corrected chi connectivity index (χ1v) is 6.47. The first-order valence-electron chi connectivity index (χ1n) is 6.47. The number of hydrogen-bond donors (Lipinski definition) is 1. The number of phenols is 1. The number of fused-ring (bicyclic) bond motifs is 1. The van der Waals surface area contributed by atoms with Gasteiger partial charge in [0, 0.05) is 23.9 Å². The maximum Gasteiger partial charge on any atom is 0.126 e. The molecular formula is C16H17NO2. The van der Waals surface area contributed by atoms with Crippen LogP contribution in [0.25, 0.3) is 0 Å². The van der Waals surface area contributed by atoms with Crippen molar-refractivity contribution in [3.05, 3.63) is 53.9 Å². The van der Waals surface area contributed by atoms with Gasteiger partial charge < -0.3 is 9.84 Å². The molecule has 2 heterocycles. The highest BCUT2D eigenvalue weighted by Crippen LogP contribution is 2.46. The molecule has 2 aromatic rings. The van der Waals surface area contributed by atoms with Crippen molar-refractivity contribution in [3.63, 3.8) is 0 Å². The third-order valence-electron chi connectivity index (χ3n) is 4.29. The molecule has 0 bridgehead atoms. The van der Waals surface area contributed by atoms with Gasteiger partial charge in [0.05, 0.1) is 6.61 Å². The molecule has 3 rings (SSSR count). The van der Waals surface area contributed by atoms with Gasteiger partial charge in [-0.1, -0.05) is 19.9 Å². The summed E-state index contributed by atoms with van der Waals surface area (Å²) in [5.41, 5.74) is 2.30. The topological polar surface area (TPSA) is 42.4 Å². The van der Waals surface area contributed by atoms with Gasteiger partial charge in [-0.25, -0.2) is 0 Å². The van der Waals surface area contributed by atoms with E-state index in [2.05, 4.69) is 18.8 Å². The van der Waals surface area contributed by atoms with E-state index in [9.17, 15) is 5.11 Å². The zero-order chi connectivity index (χ0) is 13.5. The summed E-state index contributed by atoms with van der Waals surface area (Å²) in [7, 11) is 0. The summed E-state index contributed by atoms with van der Waals surface area (Å²) in [6, 6.07) is 9.46. The Hall–Kier alpha value is -2.03. The molecule has 19 heavy (non-hydrogen) atoms. The van der Waals surface area contributed by atoms with E-state index in [0.29, 0.717) is 12.5 Å². The Morgan fingerprint density at radius 2 is 2.00 bits per heavy atom. The van der Waals surface area contributed by atoms with Crippen molar-refractivity contribution in [3.8, 4) is 11.5 Å². The molecule has 0 amide bonds. The number of rotatable bonds is 1. The quantitative estimate of drug-likeness (QED) is 0.850. The van der Waals surface area contributed by atoms with Crippen LogP contribution in [0.2, 0.25) is 0 Å². The van der Waals surface area contributed by atoms with Crippen molar-refractivity contribution in [2.45, 2.75) is 25.2 Å². The monoisotopic (exact) mass is 255 g/mol. The van der Waals surface area contributed by atoms with Gasteiger partial charge in [-0.05, 0) is 35.2 Å². The minimum Gasteiger partial charge on any atom is -0.508 e. The maximum absolute atomic E-state index is 9.53. The standard InChI is InChI=1S/C16H17NO2/c1-11-14-4-3-13(18)9-15(14)19-10-16(11,2)12-5-7-17-8-6-12/h3-9,11,18H,10H2,1-2H3/t11-,16+/m1/s1. The Morgan fingerprint density at radius 1 is 1.26 bits per heavy atom. The van der Waals surface area contributed by atoms with Crippen LogP contribution in [0, 0.1) is 0 Å². The highest BCUT2D eigenvalue weighted by molar-refractivity contribution is 5.47. The van der Waals surface area contributed by atoms with E-state index in [4.69, 9.17) is 4.74 Å². The number of nitrogens with zero attached hydrogens (tertiary/aromatic N) is 1. The van der Waals surface area contributed by atoms with Crippen molar-refractivity contribution in [1.29, 1.82) is 0 Å². The van der Waals surface area contributed by atoms with Crippen molar-refractivity contribution in [1.82, 2.24) is 4.98 Å². The molecule has 0 saturated carbocycles. The molecule has 0 unspecified atom stereocenters. The lowest BCUT2D eigenvalue weighted by Gasteiger charge is -2.41. The summed E-state index contributed by atoms with van der Waals surface area (Å²) >= 11 is 0. The van der Waals surface area contributed by atoms with Gasteiger partial charge in [0.2, 0.25) is 0 Å². The molecular weight excluding hydrogens is 238 g/mol.